The Balaban J connectivity index is 0.605. The number of anilines is 3. The van der Waals surface area contributed by atoms with E-state index in [1.807, 2.05) is 0 Å². The minimum atomic E-state index is -0.428. The molecule has 24 aromatic rings. The van der Waals surface area contributed by atoms with Gasteiger partial charge >= 0.3 is 0 Å². The zero-order valence-corrected chi connectivity index (χ0v) is 69.5. The largest absolute Gasteiger partial charge is 0.438 e. The maximum atomic E-state index is 7.23. The first-order chi connectivity index (χ1) is 62.3. The highest BCUT2D eigenvalue weighted by Gasteiger charge is 2.61. The van der Waals surface area contributed by atoms with Crippen molar-refractivity contribution in [3.63, 3.8) is 0 Å². The molecule has 2 aliphatic heterocycles. The lowest BCUT2D eigenvalue weighted by molar-refractivity contribution is 0.427. The lowest BCUT2D eigenvalue weighted by atomic mass is 9.84. The Labute approximate surface area is 729 Å². The summed E-state index contributed by atoms with van der Waals surface area (Å²) in [6, 6.07) is 145. The monoisotopic (exact) mass is 1630 g/mol. The van der Waals surface area contributed by atoms with Crippen LogP contribution in [0.4, 0.5) is 22.3 Å². The minimum absolute atomic E-state index is 0.00355. The number of nitrogens with one attached hydrogen (secondary N) is 2. The molecule has 126 heavy (non-hydrogen) atoms. The SMILES string of the molecule is CN1c2oc3ccc(-c4ccc5ccccc5c4)cc3c2NC(c2ccc3c(c2)c2ccc(-c4ccc5cc6c7c8ccccc8ccc7n(C7Nc8sc9ccc(-c%10ccccc%10)cc9c8N=C7c7ccc8c(c7)c7ccccc7n8-c7ccccc7)c6cc5c4)cc2n3-c2ccccc2)C1C1C2Cc3cc4ccccc4cc3-c3c(ccc4ccccc34)C21. The fraction of sp³-hybridized carbons (Fsp3) is 0.0684. The number of likely N-dealkylation sites (N-methyl/N-ethyl adjacent to an activating group) is 1. The zero-order chi connectivity index (χ0) is 82.3. The van der Waals surface area contributed by atoms with E-state index in [1.165, 1.54) is 136 Å². The van der Waals surface area contributed by atoms with Crippen molar-refractivity contribution < 1.29 is 4.42 Å². The molecule has 6 unspecified atom stereocenters. The van der Waals surface area contributed by atoms with Crippen molar-refractivity contribution in [2.75, 3.05) is 22.6 Å². The van der Waals surface area contributed by atoms with E-state index in [-0.39, 0.29) is 18.0 Å². The van der Waals surface area contributed by atoms with Crippen molar-refractivity contribution in [3.8, 4) is 55.9 Å². The van der Waals surface area contributed by atoms with Crippen molar-refractivity contribution in [1.82, 2.24) is 13.7 Å². The van der Waals surface area contributed by atoms with Gasteiger partial charge in [0.25, 0.3) is 0 Å². The van der Waals surface area contributed by atoms with E-state index in [0.717, 1.165) is 117 Å². The van der Waals surface area contributed by atoms with Crippen LogP contribution < -0.4 is 15.5 Å². The molecule has 1 saturated carbocycles. The molecule has 2 N–H and O–H groups in total. The average Bonchev–Trinajstić information content (AvgIpc) is 1.53. The maximum Gasteiger partial charge on any atom is 0.220 e. The van der Waals surface area contributed by atoms with Crippen LogP contribution in [0.5, 0.6) is 0 Å². The second-order valence-electron chi connectivity index (χ2n) is 35.3. The van der Waals surface area contributed by atoms with Crippen molar-refractivity contribution in [1.29, 1.82) is 0 Å². The molecule has 0 amide bonds. The summed E-state index contributed by atoms with van der Waals surface area (Å²) in [7, 11) is 2.32. The fourth-order valence-electron chi connectivity index (χ4n) is 22.9. The molecule has 5 aromatic heterocycles. The number of thiophene rings is 1. The van der Waals surface area contributed by atoms with Crippen molar-refractivity contribution >= 4 is 180 Å². The van der Waals surface area contributed by atoms with Gasteiger partial charge < -0.3 is 33.7 Å². The Morgan fingerprint density at radius 1 is 0.365 bits per heavy atom. The molecule has 0 radical (unpaired) electrons. The van der Waals surface area contributed by atoms with Gasteiger partial charge in [0.2, 0.25) is 5.88 Å². The van der Waals surface area contributed by atoms with E-state index in [2.05, 4.69) is 425 Å². The minimum Gasteiger partial charge on any atom is -0.438 e. The number of para-hydroxylation sites is 3. The smallest absolute Gasteiger partial charge is 0.220 e. The number of benzene rings is 19. The van der Waals surface area contributed by atoms with Crippen LogP contribution >= 0.6 is 11.3 Å². The van der Waals surface area contributed by atoms with Crippen LogP contribution in [0.3, 0.4) is 0 Å². The molecule has 0 saturated heterocycles. The summed E-state index contributed by atoms with van der Waals surface area (Å²) < 4.78 is 15.9. The van der Waals surface area contributed by atoms with E-state index >= 15 is 0 Å². The van der Waals surface area contributed by atoms with Crippen LogP contribution in [0.15, 0.2) is 398 Å². The molecule has 28 rings (SSSR count). The molecular formula is C117H77N7OS. The summed E-state index contributed by atoms with van der Waals surface area (Å²) in [5.41, 5.74) is 27.9. The summed E-state index contributed by atoms with van der Waals surface area (Å²) in [5, 5.41) is 31.5. The van der Waals surface area contributed by atoms with Crippen LogP contribution in [0, 0.1) is 11.8 Å². The van der Waals surface area contributed by atoms with Crippen molar-refractivity contribution in [3.05, 3.63) is 411 Å². The van der Waals surface area contributed by atoms with Gasteiger partial charge in [0.1, 0.15) is 28.1 Å². The number of hydrogen-bond acceptors (Lipinski definition) is 6. The Hall–Kier alpha value is -15.6. The highest BCUT2D eigenvalue weighted by Crippen LogP contribution is 2.66. The first kappa shape index (κ1) is 70.0. The van der Waals surface area contributed by atoms with Gasteiger partial charge in [-0.2, -0.15) is 0 Å². The van der Waals surface area contributed by atoms with Crippen LogP contribution in [0.2, 0.25) is 0 Å². The van der Waals surface area contributed by atoms with E-state index in [1.54, 1.807) is 11.3 Å². The molecule has 2 aliphatic carbocycles. The summed E-state index contributed by atoms with van der Waals surface area (Å²) >= 11 is 1.79. The maximum absolute atomic E-state index is 7.23. The summed E-state index contributed by atoms with van der Waals surface area (Å²) in [6.45, 7) is 0. The van der Waals surface area contributed by atoms with E-state index in [4.69, 9.17) is 9.41 Å². The normalized spacial score (nSPS) is 17.2. The second-order valence-corrected chi connectivity index (χ2v) is 36.4. The van der Waals surface area contributed by atoms with E-state index < -0.39 is 6.17 Å². The van der Waals surface area contributed by atoms with Gasteiger partial charge in [0.05, 0.1) is 50.9 Å². The third-order valence-electron chi connectivity index (χ3n) is 28.7. The van der Waals surface area contributed by atoms with Gasteiger partial charge in [-0.15, -0.1) is 11.3 Å². The number of nitrogens with zero attached hydrogens (tertiary/aromatic N) is 5. The molecule has 9 heteroatoms. The summed E-state index contributed by atoms with van der Waals surface area (Å²) in [5.74, 6) is 1.83. The van der Waals surface area contributed by atoms with Gasteiger partial charge in [0.15, 0.2) is 0 Å². The first-order valence-electron chi connectivity index (χ1n) is 44.0. The highest BCUT2D eigenvalue weighted by atomic mass is 32.1. The van der Waals surface area contributed by atoms with Gasteiger partial charge in [-0.05, 0) is 261 Å². The third kappa shape index (κ3) is 10.4. The van der Waals surface area contributed by atoms with Gasteiger partial charge in [0, 0.05) is 71.8 Å². The van der Waals surface area contributed by atoms with E-state index in [0.29, 0.717) is 11.8 Å². The molecule has 19 aromatic carbocycles. The molecule has 1 fully saturated rings. The van der Waals surface area contributed by atoms with Crippen LogP contribution in [0.25, 0.3) is 196 Å². The second kappa shape index (κ2) is 26.7. The van der Waals surface area contributed by atoms with Gasteiger partial charge in [-0.3, -0.25) is 0 Å². The Morgan fingerprint density at radius 2 is 0.921 bits per heavy atom. The quantitative estimate of drug-likeness (QED) is 0.151. The summed E-state index contributed by atoms with van der Waals surface area (Å²) in [4.78, 5) is 8.58. The molecule has 6 atom stereocenters. The molecule has 7 heterocycles. The topological polar surface area (TPSA) is 67.6 Å². The van der Waals surface area contributed by atoms with Crippen molar-refractivity contribution in [2.24, 2.45) is 16.8 Å². The highest BCUT2D eigenvalue weighted by molar-refractivity contribution is 7.23. The number of hydrogen-bond donors (Lipinski definition) is 2. The van der Waals surface area contributed by atoms with Crippen molar-refractivity contribution in [2.45, 2.75) is 30.6 Å². The number of rotatable bonds is 9. The van der Waals surface area contributed by atoms with Crippen LogP contribution in [-0.2, 0) is 6.42 Å². The number of fused-ring (bicyclic) bond motifs is 27. The van der Waals surface area contributed by atoms with E-state index in [9.17, 15) is 0 Å². The number of aliphatic imine (C=N–C) groups is 1. The first-order valence-corrected chi connectivity index (χ1v) is 44.8. The molecule has 592 valence electrons. The lowest BCUT2D eigenvalue weighted by Gasteiger charge is -2.41. The molecular weight excluding hydrogens is 1550 g/mol. The number of aromatic nitrogens is 3. The molecule has 8 nitrogen and oxygen atoms in total. The van der Waals surface area contributed by atoms with Crippen LogP contribution in [0.1, 0.15) is 40.4 Å². The lowest BCUT2D eigenvalue weighted by Crippen LogP contribution is -2.46. The predicted octanol–water partition coefficient (Wildman–Crippen LogP) is 30.7. The standard InChI is InChI=1S/C117H77N7OS/c1-121-114(109-97-64-83-57-72-27-13-14-28-73(72)58-91(83)106-86-33-17-15-24-69(86)41-49-90(106)108(97)109)110(118-113-95-60-77(46-53-104(95)125-117(113)121)74-38-37-68-23-11-12-26-71(68)55-74)80-44-50-100-93(62-80)89-48-42-79(65-102(89)123(100)85-31-9-4-10-32-85)75-39-40-78-59-94-103(66-82(78)56-75)124(101-52-43-70-25-16-18-34-87(70)107(94)101)115-111(119-112-96-61-76(67-21-5-2-6-22-67)47-54-105(96)126-116(112)120-115)81-45-51-99-92(63-81)88-35-19-20-36-98(88)122(99)84-29-7-3-8-30-84/h2-63,65-66,97,108-110,114-115,118,120H,64H2,1H3. The predicted molar refractivity (Wildman–Crippen MR) is 529 cm³/mol. The van der Waals surface area contributed by atoms with Crippen LogP contribution in [-0.4, -0.2) is 32.5 Å². The molecule has 4 aliphatic rings. The fourth-order valence-corrected chi connectivity index (χ4v) is 24.0. The third-order valence-corrected chi connectivity index (χ3v) is 29.8. The Bertz CT molecular complexity index is 8850. The Kier molecular flexibility index (Phi) is 14.9. The Morgan fingerprint density at radius 3 is 1.72 bits per heavy atom. The van der Waals surface area contributed by atoms with Gasteiger partial charge in [-0.1, -0.05) is 267 Å². The molecule has 0 spiro atoms. The average molecular weight is 1630 g/mol. The number of furan rings is 1. The summed E-state index contributed by atoms with van der Waals surface area (Å²) in [6.07, 6.45) is 0.553. The molecule has 0 bridgehead atoms. The zero-order valence-electron chi connectivity index (χ0n) is 68.7. The van der Waals surface area contributed by atoms with Gasteiger partial charge in [-0.25, -0.2) is 4.99 Å².